The Labute approximate surface area is 326 Å². The number of carbonyl (C=O) groups is 2. The molecule has 0 saturated carbocycles. The molecule has 12 nitrogen and oxygen atoms in total. The van der Waals surface area contributed by atoms with Gasteiger partial charge in [0.15, 0.2) is 5.65 Å². The third kappa shape index (κ3) is 8.09. The first-order valence-electron chi connectivity index (χ1n) is 19.5. The lowest BCUT2D eigenvalue weighted by Crippen LogP contribution is -2.42. The van der Waals surface area contributed by atoms with E-state index in [1.165, 1.54) is 12.0 Å². The lowest BCUT2D eigenvalue weighted by molar-refractivity contribution is 0.0904. The van der Waals surface area contributed by atoms with Crippen molar-refractivity contribution in [2.75, 3.05) is 31.6 Å². The molecule has 1 unspecified atom stereocenters. The molecule has 3 aliphatic rings. The number of anilines is 1. The van der Waals surface area contributed by atoms with Gasteiger partial charge in [-0.05, 0) is 79.6 Å². The summed E-state index contributed by atoms with van der Waals surface area (Å²) >= 11 is 6.71. The lowest BCUT2D eigenvalue weighted by Gasteiger charge is -2.27. The Morgan fingerprint density at radius 3 is 2.45 bits per heavy atom. The van der Waals surface area contributed by atoms with Gasteiger partial charge in [0, 0.05) is 92.5 Å². The van der Waals surface area contributed by atoms with Gasteiger partial charge in [0.05, 0.1) is 17.3 Å². The minimum Gasteiger partial charge on any atom is -0.381 e. The number of aryl methyl sites for hydroxylation is 2. The molecule has 6 heterocycles. The first kappa shape index (κ1) is 37.1. The van der Waals surface area contributed by atoms with Gasteiger partial charge in [-0.2, -0.15) is 5.10 Å². The van der Waals surface area contributed by atoms with Gasteiger partial charge in [-0.25, -0.2) is 14.6 Å². The van der Waals surface area contributed by atoms with E-state index in [0.29, 0.717) is 43.3 Å². The number of hydrogen-bond acceptors (Lipinski definition) is 9. The Morgan fingerprint density at radius 2 is 1.73 bits per heavy atom. The molecule has 2 atom stereocenters. The molecule has 8 rings (SSSR count). The number of nitrogens with zero attached hydrogens (tertiary/aromatic N) is 5. The number of likely N-dealkylation sites (tertiary alicyclic amines) is 1. The zero-order chi connectivity index (χ0) is 37.9. The number of piperazine rings is 1. The van der Waals surface area contributed by atoms with Crippen LogP contribution in [0.5, 0.6) is 0 Å². The van der Waals surface area contributed by atoms with Crippen LogP contribution in [0.25, 0.3) is 22.2 Å². The van der Waals surface area contributed by atoms with E-state index in [4.69, 9.17) is 21.3 Å². The highest BCUT2D eigenvalue weighted by molar-refractivity contribution is 6.33. The number of benzene rings is 2. The van der Waals surface area contributed by atoms with Gasteiger partial charge in [0.1, 0.15) is 11.4 Å². The summed E-state index contributed by atoms with van der Waals surface area (Å²) in [5, 5.41) is 19.5. The first-order valence-corrected chi connectivity index (χ1v) is 19.8. The predicted octanol–water partition coefficient (Wildman–Crippen LogP) is 5.73. The fourth-order valence-electron chi connectivity index (χ4n) is 8.14. The summed E-state index contributed by atoms with van der Waals surface area (Å²) in [4.78, 5) is 38.9. The topological polar surface area (TPSA) is 138 Å². The van der Waals surface area contributed by atoms with Crippen LogP contribution in [0.3, 0.4) is 0 Å². The highest BCUT2D eigenvalue weighted by atomic mass is 35.5. The van der Waals surface area contributed by atoms with Gasteiger partial charge in [0.25, 0.3) is 11.8 Å². The molecule has 2 amide bonds. The van der Waals surface area contributed by atoms with Gasteiger partial charge in [0.2, 0.25) is 0 Å². The van der Waals surface area contributed by atoms with Crippen molar-refractivity contribution in [3.05, 3.63) is 106 Å². The number of fused-ring (bicyclic) bond motifs is 3. The average Bonchev–Trinajstić information content (AvgIpc) is 3.97. The molecule has 13 heteroatoms. The van der Waals surface area contributed by atoms with Gasteiger partial charge >= 0.3 is 0 Å². The Hall–Kier alpha value is -4.88. The standard InChI is InChI=1S/C42H48ClN9O3/c1-3-36-33(39(48-29-13-15-55-16-14-29)34-23-47-52(4-2)40(34)50-36)22-46-42(54)38-10-6-9-37(49-38)41(53)45-20-26-11-12-35(43)32(18-26)28-8-5-7-27(17-28)24-51-25-30-19-31(51)21-44-30/h5-12,17-18,23,29-31,44H,3-4,13-16,19-22,24-25H2,1-2H3,(H,45,53)(H,46,54)(H,48,50)/t30-,31?/m0/s1. The smallest absolute Gasteiger partial charge is 0.270 e. The Balaban J connectivity index is 0.932. The van der Waals surface area contributed by atoms with Crippen LogP contribution in [0.1, 0.15) is 76.5 Å². The summed E-state index contributed by atoms with van der Waals surface area (Å²) in [5.74, 6) is -0.752. The van der Waals surface area contributed by atoms with E-state index < -0.39 is 0 Å². The second kappa shape index (κ2) is 16.5. The molecule has 3 aliphatic heterocycles. The minimum absolute atomic E-state index is 0.157. The second-order valence-corrected chi connectivity index (χ2v) is 15.1. The number of halogens is 1. The normalized spacial score (nSPS) is 18.5. The van der Waals surface area contributed by atoms with Gasteiger partial charge in [-0.3, -0.25) is 14.5 Å². The van der Waals surface area contributed by atoms with Crippen molar-refractivity contribution in [3.8, 4) is 11.1 Å². The van der Waals surface area contributed by atoms with Crippen molar-refractivity contribution in [1.82, 2.24) is 40.6 Å². The summed E-state index contributed by atoms with van der Waals surface area (Å²) in [6.45, 7) is 9.81. The number of pyridine rings is 2. The summed E-state index contributed by atoms with van der Waals surface area (Å²) in [6.07, 6.45) is 5.54. The van der Waals surface area contributed by atoms with Crippen molar-refractivity contribution in [2.24, 2.45) is 0 Å². The molecule has 4 N–H and O–H groups in total. The molecule has 2 bridgehead atoms. The van der Waals surface area contributed by atoms with Crippen LogP contribution in [0.15, 0.2) is 66.9 Å². The molecule has 0 spiro atoms. The van der Waals surface area contributed by atoms with Gasteiger partial charge in [-0.1, -0.05) is 48.9 Å². The highest BCUT2D eigenvalue weighted by Gasteiger charge is 2.37. The Bertz CT molecular complexity index is 2200. The van der Waals surface area contributed by atoms with Crippen molar-refractivity contribution in [1.29, 1.82) is 0 Å². The third-order valence-corrected chi connectivity index (χ3v) is 11.4. The number of hydrogen-bond donors (Lipinski definition) is 4. The Morgan fingerprint density at radius 1 is 0.945 bits per heavy atom. The maximum Gasteiger partial charge on any atom is 0.270 e. The van der Waals surface area contributed by atoms with Crippen molar-refractivity contribution < 1.29 is 14.3 Å². The number of ether oxygens (including phenoxy) is 1. The van der Waals surface area contributed by atoms with Crippen LogP contribution < -0.4 is 21.3 Å². The summed E-state index contributed by atoms with van der Waals surface area (Å²) in [7, 11) is 0. The minimum atomic E-state index is -0.378. The van der Waals surface area contributed by atoms with Gasteiger partial charge < -0.3 is 26.0 Å². The predicted molar refractivity (Wildman–Crippen MR) is 214 cm³/mol. The largest absolute Gasteiger partial charge is 0.381 e. The summed E-state index contributed by atoms with van der Waals surface area (Å²) < 4.78 is 7.49. The van der Waals surface area contributed by atoms with Crippen molar-refractivity contribution in [2.45, 2.75) is 83.8 Å². The third-order valence-electron chi connectivity index (χ3n) is 11.1. The highest BCUT2D eigenvalue weighted by Crippen LogP contribution is 2.33. The number of carbonyl (C=O) groups excluding carboxylic acids is 2. The van der Waals surface area contributed by atoms with Crippen LogP contribution in [-0.4, -0.2) is 80.9 Å². The monoisotopic (exact) mass is 761 g/mol. The number of rotatable bonds is 13. The fraction of sp³-hybridized carbons (Fsp3) is 0.405. The first-order chi connectivity index (χ1) is 26.9. The van der Waals surface area contributed by atoms with Crippen LogP contribution in [0, 0.1) is 0 Å². The van der Waals surface area contributed by atoms with Crippen LogP contribution in [-0.2, 0) is 37.3 Å². The van der Waals surface area contributed by atoms with E-state index in [-0.39, 0.29) is 42.3 Å². The molecular weight excluding hydrogens is 714 g/mol. The van der Waals surface area contributed by atoms with Crippen molar-refractivity contribution in [3.63, 3.8) is 0 Å². The average molecular weight is 762 g/mol. The number of nitrogens with one attached hydrogen (secondary N) is 4. The second-order valence-electron chi connectivity index (χ2n) is 14.7. The van der Waals surface area contributed by atoms with Gasteiger partial charge in [-0.15, -0.1) is 0 Å². The molecule has 0 aliphatic carbocycles. The SMILES string of the molecule is CCc1nc2c(cnn2CC)c(NC2CCOCC2)c1CNC(=O)c1cccc(C(=O)NCc2ccc(Cl)c(-c3cccc(CN4C[C@@H]5CC4CN5)c3)c2)n1. The quantitative estimate of drug-likeness (QED) is 0.119. The van der Waals surface area contributed by atoms with E-state index >= 15 is 0 Å². The van der Waals surface area contributed by atoms with Crippen LogP contribution in [0.2, 0.25) is 5.02 Å². The van der Waals surface area contributed by atoms with E-state index in [1.54, 1.807) is 18.2 Å². The summed E-state index contributed by atoms with van der Waals surface area (Å²) in [6, 6.07) is 20.7. The maximum atomic E-state index is 13.5. The molecule has 286 valence electrons. The van der Waals surface area contributed by atoms with E-state index in [1.807, 2.05) is 36.0 Å². The van der Waals surface area contributed by atoms with Crippen LogP contribution >= 0.6 is 11.6 Å². The van der Waals surface area contributed by atoms with Crippen molar-refractivity contribution >= 4 is 40.1 Å². The van der Waals surface area contributed by atoms with E-state index in [9.17, 15) is 9.59 Å². The number of aromatic nitrogens is 4. The molecule has 55 heavy (non-hydrogen) atoms. The lowest BCUT2D eigenvalue weighted by atomic mass is 10.0. The molecule has 3 saturated heterocycles. The van der Waals surface area contributed by atoms with E-state index in [0.717, 1.165) is 77.1 Å². The maximum absolute atomic E-state index is 13.5. The zero-order valence-corrected chi connectivity index (χ0v) is 32.2. The zero-order valence-electron chi connectivity index (χ0n) is 31.4. The molecule has 2 aromatic carbocycles. The molecular formula is C42H48ClN9O3. The molecule has 0 radical (unpaired) electrons. The van der Waals surface area contributed by atoms with Crippen LogP contribution in [0.4, 0.5) is 5.69 Å². The molecule has 5 aromatic rings. The molecule has 3 fully saturated rings. The van der Waals surface area contributed by atoms with E-state index in [2.05, 4.69) is 67.4 Å². The fourth-order valence-corrected chi connectivity index (χ4v) is 8.36. The number of amides is 2. The molecule has 3 aromatic heterocycles. The Kier molecular flexibility index (Phi) is 11.1. The summed E-state index contributed by atoms with van der Waals surface area (Å²) in [5.41, 5.74) is 8.02.